The van der Waals surface area contributed by atoms with Gasteiger partial charge in [-0.1, -0.05) is 49.0 Å². The number of aryl methyl sites for hydroxylation is 2. The van der Waals surface area contributed by atoms with E-state index in [2.05, 4.69) is 46.8 Å². The molecule has 0 saturated heterocycles. The van der Waals surface area contributed by atoms with Crippen molar-refractivity contribution < 1.29 is 9.90 Å². The number of aromatic nitrogens is 2. The monoisotopic (exact) mass is 354 g/mol. The van der Waals surface area contributed by atoms with Gasteiger partial charge in [-0.2, -0.15) is 0 Å². The van der Waals surface area contributed by atoms with Crippen LogP contribution in [0.3, 0.4) is 0 Å². The van der Waals surface area contributed by atoms with Gasteiger partial charge in [-0.05, 0) is 44.2 Å². The van der Waals surface area contributed by atoms with Crippen LogP contribution in [0, 0.1) is 6.92 Å². The third kappa shape index (κ3) is 3.16. The summed E-state index contributed by atoms with van der Waals surface area (Å²) in [6.45, 7) is 7.55. The van der Waals surface area contributed by atoms with E-state index in [0.29, 0.717) is 5.16 Å². The Balaban J connectivity index is 2.20. The average Bonchev–Trinajstić information content (AvgIpc) is 2.93. The molecule has 0 aliphatic carbocycles. The second-order valence-corrected chi connectivity index (χ2v) is 8.17. The van der Waals surface area contributed by atoms with Gasteiger partial charge < -0.3 is 5.11 Å². The predicted octanol–water partition coefficient (Wildman–Crippen LogP) is 4.85. The van der Waals surface area contributed by atoms with Gasteiger partial charge in [0.1, 0.15) is 4.75 Å². The summed E-state index contributed by atoms with van der Waals surface area (Å²) in [5.41, 5.74) is 3.32. The van der Waals surface area contributed by atoms with Crippen LogP contribution in [0.2, 0.25) is 0 Å². The first-order chi connectivity index (χ1) is 11.8. The Hall–Kier alpha value is -2.27. The molecule has 3 rings (SSSR count). The molecule has 0 bridgehead atoms. The number of nitrogens with zero attached hydrogens (tertiary/aromatic N) is 2. The third-order valence-electron chi connectivity index (χ3n) is 4.38. The standard InChI is InChI=1S/C20H22N2O2S/c1-5-14-10-11-17(16-9-7-6-8-15(14)16)22-13(2)12-21-19(22)25-20(3,4)18(23)24/h6-12H,5H2,1-4H3,(H,23,24). The lowest BCUT2D eigenvalue weighted by molar-refractivity contribution is -0.138. The second-order valence-electron chi connectivity index (χ2n) is 6.58. The van der Waals surface area contributed by atoms with Gasteiger partial charge in [0.25, 0.3) is 0 Å². The van der Waals surface area contributed by atoms with Gasteiger partial charge in [-0.15, -0.1) is 0 Å². The minimum Gasteiger partial charge on any atom is -0.480 e. The molecule has 3 aromatic rings. The van der Waals surface area contributed by atoms with Crippen LogP contribution in [0.15, 0.2) is 47.8 Å². The first-order valence-electron chi connectivity index (χ1n) is 8.33. The number of aliphatic carboxylic acids is 1. The lowest BCUT2D eigenvalue weighted by Crippen LogP contribution is -2.27. The van der Waals surface area contributed by atoms with Crippen LogP contribution in [0.4, 0.5) is 0 Å². The zero-order valence-corrected chi connectivity index (χ0v) is 15.7. The highest BCUT2D eigenvalue weighted by Gasteiger charge is 2.31. The number of imidazole rings is 1. The SMILES string of the molecule is CCc1ccc(-n2c(C)cnc2SC(C)(C)C(=O)O)c2ccccc12. The highest BCUT2D eigenvalue weighted by atomic mass is 32.2. The van der Waals surface area contributed by atoms with Crippen molar-refractivity contribution in [1.82, 2.24) is 9.55 Å². The Labute approximate surface area is 151 Å². The molecule has 0 radical (unpaired) electrons. The van der Waals surface area contributed by atoms with Crippen LogP contribution in [0.5, 0.6) is 0 Å². The largest absolute Gasteiger partial charge is 0.480 e. The molecular formula is C20H22N2O2S. The van der Waals surface area contributed by atoms with Crippen molar-refractivity contribution in [3.63, 3.8) is 0 Å². The molecule has 0 atom stereocenters. The van der Waals surface area contributed by atoms with Crippen molar-refractivity contribution in [2.45, 2.75) is 44.0 Å². The fourth-order valence-electron chi connectivity index (χ4n) is 2.90. The molecule has 0 saturated carbocycles. The van der Waals surface area contributed by atoms with E-state index < -0.39 is 10.7 Å². The lowest BCUT2D eigenvalue weighted by Gasteiger charge is -2.20. The number of carboxylic acid groups (broad SMARTS) is 1. The molecule has 4 nitrogen and oxygen atoms in total. The minimum absolute atomic E-state index is 0.694. The van der Waals surface area contributed by atoms with Crippen molar-refractivity contribution in [2.24, 2.45) is 0 Å². The smallest absolute Gasteiger partial charge is 0.319 e. The molecule has 0 fully saturated rings. The molecular weight excluding hydrogens is 332 g/mol. The van der Waals surface area contributed by atoms with E-state index >= 15 is 0 Å². The maximum atomic E-state index is 11.5. The Morgan fingerprint density at radius 1 is 1.20 bits per heavy atom. The summed E-state index contributed by atoms with van der Waals surface area (Å²) in [5.74, 6) is -0.851. The molecule has 0 spiro atoms. The molecule has 1 N–H and O–H groups in total. The number of carbonyl (C=O) groups is 1. The summed E-state index contributed by atoms with van der Waals surface area (Å²) in [6.07, 6.45) is 2.76. The molecule has 1 heterocycles. The molecule has 5 heteroatoms. The Morgan fingerprint density at radius 2 is 1.88 bits per heavy atom. The van der Waals surface area contributed by atoms with Gasteiger partial charge in [0.15, 0.2) is 5.16 Å². The van der Waals surface area contributed by atoms with Crippen LogP contribution >= 0.6 is 11.8 Å². The Bertz CT molecular complexity index is 944. The van der Waals surface area contributed by atoms with Gasteiger partial charge in [-0.3, -0.25) is 9.36 Å². The van der Waals surface area contributed by atoms with Crippen LogP contribution < -0.4 is 0 Å². The number of thioether (sulfide) groups is 1. The van der Waals surface area contributed by atoms with Crippen molar-refractivity contribution in [3.05, 3.63) is 53.9 Å². The number of fused-ring (bicyclic) bond motifs is 1. The highest BCUT2D eigenvalue weighted by molar-refractivity contribution is 8.01. The van der Waals surface area contributed by atoms with Crippen molar-refractivity contribution in [2.75, 3.05) is 0 Å². The van der Waals surface area contributed by atoms with Gasteiger partial charge >= 0.3 is 5.97 Å². The summed E-state index contributed by atoms with van der Waals surface area (Å²) in [5, 5.41) is 12.5. The van der Waals surface area contributed by atoms with Gasteiger partial charge in [0.2, 0.25) is 0 Å². The van der Waals surface area contributed by atoms with Crippen LogP contribution in [-0.4, -0.2) is 25.4 Å². The van der Waals surface area contributed by atoms with Crippen LogP contribution in [0.25, 0.3) is 16.5 Å². The number of carboxylic acids is 1. The summed E-state index contributed by atoms with van der Waals surface area (Å²) in [4.78, 5) is 16.0. The van der Waals surface area contributed by atoms with E-state index in [1.807, 2.05) is 13.0 Å². The third-order valence-corrected chi connectivity index (χ3v) is 5.54. The average molecular weight is 354 g/mol. The molecule has 130 valence electrons. The Morgan fingerprint density at radius 3 is 2.52 bits per heavy atom. The molecule has 2 aromatic carbocycles. The first kappa shape index (κ1) is 17.5. The van der Waals surface area contributed by atoms with E-state index in [0.717, 1.165) is 23.2 Å². The Kier molecular flexibility index (Phi) is 4.60. The highest BCUT2D eigenvalue weighted by Crippen LogP contribution is 2.36. The number of hydrogen-bond acceptors (Lipinski definition) is 3. The zero-order chi connectivity index (χ0) is 18.2. The molecule has 25 heavy (non-hydrogen) atoms. The van der Waals surface area contributed by atoms with E-state index in [1.165, 1.54) is 22.7 Å². The molecule has 1 aromatic heterocycles. The van der Waals surface area contributed by atoms with Gasteiger partial charge in [0, 0.05) is 17.3 Å². The van der Waals surface area contributed by atoms with Gasteiger partial charge in [0.05, 0.1) is 5.69 Å². The lowest BCUT2D eigenvalue weighted by atomic mass is 10.0. The fraction of sp³-hybridized carbons (Fsp3) is 0.300. The van der Waals surface area contributed by atoms with Crippen LogP contribution in [0.1, 0.15) is 32.0 Å². The summed E-state index contributed by atoms with van der Waals surface area (Å²) < 4.78 is 1.10. The summed E-state index contributed by atoms with van der Waals surface area (Å²) in [6, 6.07) is 12.6. The van der Waals surface area contributed by atoms with E-state index in [4.69, 9.17) is 0 Å². The van der Waals surface area contributed by atoms with E-state index in [1.54, 1.807) is 20.0 Å². The first-order valence-corrected chi connectivity index (χ1v) is 9.14. The maximum absolute atomic E-state index is 11.5. The zero-order valence-electron chi connectivity index (χ0n) is 14.9. The van der Waals surface area contributed by atoms with E-state index in [-0.39, 0.29) is 0 Å². The minimum atomic E-state index is -0.950. The van der Waals surface area contributed by atoms with Crippen molar-refractivity contribution >= 4 is 28.5 Å². The van der Waals surface area contributed by atoms with E-state index in [9.17, 15) is 9.90 Å². The van der Waals surface area contributed by atoms with Gasteiger partial charge in [-0.25, -0.2) is 4.98 Å². The number of hydrogen-bond donors (Lipinski definition) is 1. The fourth-order valence-corrected chi connectivity index (χ4v) is 3.88. The maximum Gasteiger partial charge on any atom is 0.319 e. The molecule has 0 amide bonds. The number of benzene rings is 2. The molecule has 0 aliphatic heterocycles. The second kappa shape index (κ2) is 6.56. The summed E-state index contributed by atoms with van der Waals surface area (Å²) >= 11 is 1.27. The number of rotatable bonds is 5. The molecule has 0 unspecified atom stereocenters. The van der Waals surface area contributed by atoms with Crippen molar-refractivity contribution in [3.8, 4) is 5.69 Å². The molecule has 0 aliphatic rings. The van der Waals surface area contributed by atoms with Crippen molar-refractivity contribution in [1.29, 1.82) is 0 Å². The predicted molar refractivity (Wildman–Crippen MR) is 103 cm³/mol. The van der Waals surface area contributed by atoms with Crippen LogP contribution in [-0.2, 0) is 11.2 Å². The topological polar surface area (TPSA) is 55.1 Å². The summed E-state index contributed by atoms with van der Waals surface area (Å²) in [7, 11) is 0. The quantitative estimate of drug-likeness (QED) is 0.665. The normalized spacial score (nSPS) is 11.8.